The van der Waals surface area contributed by atoms with Gasteiger partial charge in [0, 0.05) is 30.5 Å². The highest BCUT2D eigenvalue weighted by molar-refractivity contribution is 5.81. The van der Waals surface area contributed by atoms with Crippen LogP contribution in [0.25, 0.3) is 44.5 Å². The Balaban J connectivity index is 1.58. The molecule has 0 bridgehead atoms. The van der Waals surface area contributed by atoms with Gasteiger partial charge in [0.25, 0.3) is 0 Å². The van der Waals surface area contributed by atoms with E-state index in [0.717, 1.165) is 33.5 Å². The van der Waals surface area contributed by atoms with E-state index in [2.05, 4.69) is 64.6 Å². The average Bonchev–Trinajstić information content (AvgIpc) is 2.85. The zero-order valence-electron chi connectivity index (χ0n) is 16.9. The maximum Gasteiger partial charge on any atom is 0.0314 e. The molecule has 5 rings (SSSR count). The molecule has 0 fully saturated rings. The number of nitrogen functional groups attached to an aromatic ring is 1. The monoisotopic (exact) mass is 399 g/mol. The van der Waals surface area contributed by atoms with Gasteiger partial charge in [-0.05, 0) is 99.1 Å². The molecule has 148 valence electrons. The molecule has 0 unspecified atom stereocenters. The van der Waals surface area contributed by atoms with Gasteiger partial charge in [-0.15, -0.1) is 0 Å². The van der Waals surface area contributed by atoms with E-state index in [1.165, 1.54) is 16.7 Å². The van der Waals surface area contributed by atoms with Crippen molar-refractivity contribution in [2.24, 2.45) is 0 Å². The Hall–Kier alpha value is -4.24. The van der Waals surface area contributed by atoms with Crippen LogP contribution in [0.2, 0.25) is 0 Å². The van der Waals surface area contributed by atoms with Crippen molar-refractivity contribution in [2.45, 2.75) is 0 Å². The van der Waals surface area contributed by atoms with Gasteiger partial charge in [0.2, 0.25) is 0 Å². The molecule has 0 aliphatic rings. The van der Waals surface area contributed by atoms with E-state index < -0.39 is 0 Å². The van der Waals surface area contributed by atoms with E-state index in [0.29, 0.717) is 0 Å². The summed E-state index contributed by atoms with van der Waals surface area (Å²) in [5, 5.41) is 0. The van der Waals surface area contributed by atoms with Gasteiger partial charge in [-0.25, -0.2) is 0 Å². The first-order valence-electron chi connectivity index (χ1n) is 10.2. The Kier molecular flexibility index (Phi) is 4.99. The number of nitrogens with zero attached hydrogens (tertiary/aromatic N) is 2. The average molecular weight is 399 g/mol. The fourth-order valence-corrected chi connectivity index (χ4v) is 3.75. The topological polar surface area (TPSA) is 51.8 Å². The first-order chi connectivity index (χ1) is 15.3. The lowest BCUT2D eigenvalue weighted by molar-refractivity contribution is 1.33. The number of benzene rings is 3. The molecule has 31 heavy (non-hydrogen) atoms. The number of nitrogens with two attached hydrogens (primary N) is 1. The normalized spacial score (nSPS) is 10.7. The van der Waals surface area contributed by atoms with Crippen molar-refractivity contribution in [3.63, 3.8) is 0 Å². The number of anilines is 1. The second kappa shape index (κ2) is 8.25. The molecule has 2 N–H and O–H groups in total. The van der Waals surface area contributed by atoms with Gasteiger partial charge in [0.05, 0.1) is 0 Å². The second-order valence-corrected chi connectivity index (χ2v) is 7.47. The Morgan fingerprint density at radius 3 is 1.03 bits per heavy atom. The molecule has 3 aromatic carbocycles. The van der Waals surface area contributed by atoms with Crippen LogP contribution in [0.5, 0.6) is 0 Å². The molecule has 0 saturated heterocycles. The summed E-state index contributed by atoms with van der Waals surface area (Å²) in [5.41, 5.74) is 15.9. The van der Waals surface area contributed by atoms with Gasteiger partial charge < -0.3 is 5.73 Å². The van der Waals surface area contributed by atoms with Crippen molar-refractivity contribution >= 4 is 5.69 Å². The predicted molar refractivity (Wildman–Crippen MR) is 128 cm³/mol. The predicted octanol–water partition coefficient (Wildman–Crippen LogP) is 6.73. The smallest absolute Gasteiger partial charge is 0.0314 e. The van der Waals surface area contributed by atoms with E-state index >= 15 is 0 Å². The second-order valence-electron chi connectivity index (χ2n) is 7.47. The molecule has 0 atom stereocenters. The molecule has 0 aliphatic heterocycles. The van der Waals surface area contributed by atoms with Gasteiger partial charge in [-0.2, -0.15) is 0 Å². The van der Waals surface area contributed by atoms with E-state index in [1.54, 1.807) is 0 Å². The lowest BCUT2D eigenvalue weighted by atomic mass is 9.93. The largest absolute Gasteiger partial charge is 0.399 e. The minimum atomic E-state index is 0.775. The molecule has 0 amide bonds. The van der Waals surface area contributed by atoms with Crippen LogP contribution in [0, 0.1) is 0 Å². The van der Waals surface area contributed by atoms with Crippen molar-refractivity contribution in [2.75, 3.05) is 5.73 Å². The maximum atomic E-state index is 5.82. The van der Waals surface area contributed by atoms with E-state index in [-0.39, 0.29) is 0 Å². The fourth-order valence-electron chi connectivity index (χ4n) is 3.75. The summed E-state index contributed by atoms with van der Waals surface area (Å²) < 4.78 is 0. The number of aromatic nitrogens is 2. The summed E-state index contributed by atoms with van der Waals surface area (Å²) in [6.07, 6.45) is 7.32. The molecule has 0 aliphatic carbocycles. The molecule has 0 spiro atoms. The molecule has 0 radical (unpaired) electrons. The SMILES string of the molecule is Nc1ccc(-c2ccc(-c3cc(-c4ccncc4)cc(-c4ccncc4)c3)cc2)cc1. The molecular formula is C28H21N3. The van der Waals surface area contributed by atoms with Gasteiger partial charge in [-0.1, -0.05) is 36.4 Å². The Labute approximate surface area is 181 Å². The van der Waals surface area contributed by atoms with Crippen LogP contribution in [0.4, 0.5) is 5.69 Å². The molecular weight excluding hydrogens is 378 g/mol. The summed E-state index contributed by atoms with van der Waals surface area (Å²) in [6, 6.07) is 31.5. The van der Waals surface area contributed by atoms with E-state index in [1.807, 2.05) is 61.2 Å². The summed E-state index contributed by atoms with van der Waals surface area (Å²) in [7, 11) is 0. The van der Waals surface area contributed by atoms with E-state index in [4.69, 9.17) is 5.73 Å². The standard InChI is InChI=1S/C28H21N3/c29-28-7-5-21(6-8-28)20-1-3-22(4-2-20)25-17-26(23-9-13-30-14-10-23)19-27(18-25)24-11-15-31-16-12-24/h1-19H,29H2. The highest BCUT2D eigenvalue weighted by Gasteiger charge is 2.08. The number of hydrogen-bond acceptors (Lipinski definition) is 3. The fraction of sp³-hybridized carbons (Fsp3) is 0. The molecule has 2 heterocycles. The highest BCUT2D eigenvalue weighted by Crippen LogP contribution is 2.33. The van der Waals surface area contributed by atoms with Crippen molar-refractivity contribution in [1.82, 2.24) is 9.97 Å². The maximum absolute atomic E-state index is 5.82. The van der Waals surface area contributed by atoms with Gasteiger partial charge in [0.1, 0.15) is 0 Å². The van der Waals surface area contributed by atoms with Gasteiger partial charge in [-0.3, -0.25) is 9.97 Å². The third-order valence-electron chi connectivity index (χ3n) is 5.42. The number of hydrogen-bond donors (Lipinski definition) is 1. The van der Waals surface area contributed by atoms with E-state index in [9.17, 15) is 0 Å². The third-order valence-corrected chi connectivity index (χ3v) is 5.42. The molecule has 2 aromatic heterocycles. The summed E-state index contributed by atoms with van der Waals surface area (Å²) >= 11 is 0. The summed E-state index contributed by atoms with van der Waals surface area (Å²) in [5.74, 6) is 0. The molecule has 3 heteroatoms. The minimum Gasteiger partial charge on any atom is -0.399 e. The Bertz CT molecular complexity index is 1240. The Morgan fingerprint density at radius 1 is 0.355 bits per heavy atom. The number of rotatable bonds is 4. The lowest BCUT2D eigenvalue weighted by Gasteiger charge is -2.12. The molecule has 0 saturated carbocycles. The van der Waals surface area contributed by atoms with Crippen LogP contribution in [-0.2, 0) is 0 Å². The van der Waals surface area contributed by atoms with Crippen LogP contribution in [0.15, 0.2) is 116 Å². The van der Waals surface area contributed by atoms with Crippen molar-refractivity contribution < 1.29 is 0 Å². The zero-order valence-corrected chi connectivity index (χ0v) is 16.9. The zero-order chi connectivity index (χ0) is 21.0. The minimum absolute atomic E-state index is 0.775. The lowest BCUT2D eigenvalue weighted by Crippen LogP contribution is -1.87. The van der Waals surface area contributed by atoms with Crippen LogP contribution in [0.3, 0.4) is 0 Å². The molecule has 5 aromatic rings. The molecule has 3 nitrogen and oxygen atoms in total. The number of pyridine rings is 2. The van der Waals surface area contributed by atoms with Crippen LogP contribution < -0.4 is 5.73 Å². The first-order valence-corrected chi connectivity index (χ1v) is 10.2. The highest BCUT2D eigenvalue weighted by atomic mass is 14.6. The third kappa shape index (κ3) is 4.07. The summed E-state index contributed by atoms with van der Waals surface area (Å²) in [4.78, 5) is 8.32. The van der Waals surface area contributed by atoms with Crippen LogP contribution in [-0.4, -0.2) is 9.97 Å². The summed E-state index contributed by atoms with van der Waals surface area (Å²) in [6.45, 7) is 0. The first kappa shape index (κ1) is 18.8. The van der Waals surface area contributed by atoms with Gasteiger partial charge in [0.15, 0.2) is 0 Å². The van der Waals surface area contributed by atoms with Crippen molar-refractivity contribution in [3.05, 3.63) is 116 Å². The van der Waals surface area contributed by atoms with Crippen LogP contribution in [0.1, 0.15) is 0 Å². The quantitative estimate of drug-likeness (QED) is 0.341. The van der Waals surface area contributed by atoms with Crippen molar-refractivity contribution in [1.29, 1.82) is 0 Å². The Morgan fingerprint density at radius 2 is 0.645 bits per heavy atom. The van der Waals surface area contributed by atoms with Gasteiger partial charge >= 0.3 is 0 Å². The van der Waals surface area contributed by atoms with Crippen molar-refractivity contribution in [3.8, 4) is 44.5 Å². The van der Waals surface area contributed by atoms with Crippen LogP contribution >= 0.6 is 0 Å².